The number of hydrogen-bond acceptors (Lipinski definition) is 5. The Hall–Kier alpha value is -2.08. The van der Waals surface area contributed by atoms with E-state index in [2.05, 4.69) is 26.6 Å². The summed E-state index contributed by atoms with van der Waals surface area (Å²) in [6, 6.07) is 18.3. The molecule has 0 amide bonds. The summed E-state index contributed by atoms with van der Waals surface area (Å²) in [5.74, 6) is 0. The minimum atomic E-state index is -0.528. The van der Waals surface area contributed by atoms with Crippen molar-refractivity contribution in [3.8, 4) is 0 Å². The molecule has 1 heterocycles. The van der Waals surface area contributed by atoms with Gasteiger partial charge in [-0.2, -0.15) is 0 Å². The fourth-order valence-electron chi connectivity index (χ4n) is 2.74. The van der Waals surface area contributed by atoms with E-state index in [1.54, 1.807) is 0 Å². The molecule has 2 aromatic carbocycles. The van der Waals surface area contributed by atoms with Crippen LogP contribution in [0.25, 0.3) is 0 Å². The van der Waals surface area contributed by atoms with E-state index in [1.807, 2.05) is 54.8 Å². The molecule has 1 unspecified atom stereocenters. The maximum atomic E-state index is 10.6. The maximum absolute atomic E-state index is 10.6. The van der Waals surface area contributed by atoms with Crippen LogP contribution in [0.15, 0.2) is 60.0 Å². The van der Waals surface area contributed by atoms with Gasteiger partial charge in [0, 0.05) is 25.0 Å². The van der Waals surface area contributed by atoms with Gasteiger partial charge in [0.25, 0.3) is 0 Å². The van der Waals surface area contributed by atoms with Gasteiger partial charge in [0.05, 0.1) is 11.8 Å². The number of aryl methyl sites for hydroxylation is 1. The topological polar surface area (TPSA) is 49.2 Å². The van der Waals surface area contributed by atoms with Gasteiger partial charge in [-0.3, -0.25) is 4.90 Å². The fourth-order valence-corrected chi connectivity index (χ4v) is 3.18. The first-order valence-corrected chi connectivity index (χ1v) is 8.81. The van der Waals surface area contributed by atoms with Gasteiger partial charge in [0.1, 0.15) is 0 Å². The van der Waals surface area contributed by atoms with Crippen LogP contribution < -0.4 is 0 Å². The summed E-state index contributed by atoms with van der Waals surface area (Å²) >= 11 is 1.35. The molecule has 0 radical (unpaired) electrons. The van der Waals surface area contributed by atoms with E-state index in [1.165, 1.54) is 17.1 Å². The Morgan fingerprint density at radius 3 is 2.62 bits per heavy atom. The van der Waals surface area contributed by atoms with E-state index in [0.717, 1.165) is 23.4 Å². The number of rotatable bonds is 7. The van der Waals surface area contributed by atoms with Gasteiger partial charge in [0.2, 0.25) is 0 Å². The minimum absolute atomic E-state index is 0.528. The van der Waals surface area contributed by atoms with Crippen molar-refractivity contribution in [2.45, 2.75) is 26.1 Å². The highest BCUT2D eigenvalue weighted by Gasteiger charge is 2.16. The van der Waals surface area contributed by atoms with Crippen LogP contribution >= 0.6 is 11.5 Å². The Balaban J connectivity index is 1.73. The van der Waals surface area contributed by atoms with Crippen molar-refractivity contribution < 1.29 is 5.11 Å². The van der Waals surface area contributed by atoms with Crippen LogP contribution in [-0.4, -0.2) is 26.1 Å². The van der Waals surface area contributed by atoms with Crippen molar-refractivity contribution in [3.63, 3.8) is 0 Å². The van der Waals surface area contributed by atoms with E-state index in [9.17, 15) is 5.11 Å². The van der Waals surface area contributed by atoms with Crippen molar-refractivity contribution in [3.05, 3.63) is 82.4 Å². The predicted molar refractivity (Wildman–Crippen MR) is 96.6 cm³/mol. The predicted octanol–water partition coefficient (Wildman–Crippen LogP) is 3.58. The van der Waals surface area contributed by atoms with Gasteiger partial charge in [-0.05, 0) is 29.6 Å². The number of hydrogen-bond donors (Lipinski definition) is 1. The van der Waals surface area contributed by atoms with E-state index < -0.39 is 6.10 Å². The molecule has 0 saturated carbocycles. The average Bonchev–Trinajstić information content (AvgIpc) is 3.08. The lowest BCUT2D eigenvalue weighted by Crippen LogP contribution is -2.28. The zero-order valence-electron chi connectivity index (χ0n) is 13.7. The summed E-state index contributed by atoms with van der Waals surface area (Å²) in [4.78, 5) is 2.21. The van der Waals surface area contributed by atoms with Crippen molar-refractivity contribution in [1.29, 1.82) is 0 Å². The lowest BCUT2D eigenvalue weighted by molar-refractivity contribution is 0.104. The van der Waals surface area contributed by atoms with Crippen LogP contribution in [0.4, 0.5) is 0 Å². The van der Waals surface area contributed by atoms with Gasteiger partial charge >= 0.3 is 0 Å². The first-order valence-electron chi connectivity index (χ1n) is 7.97. The third-order valence-electron chi connectivity index (χ3n) is 3.90. The zero-order valence-corrected chi connectivity index (χ0v) is 14.5. The molecule has 1 aromatic heterocycles. The van der Waals surface area contributed by atoms with Gasteiger partial charge in [-0.25, -0.2) is 0 Å². The molecule has 3 aromatic rings. The van der Waals surface area contributed by atoms with E-state index >= 15 is 0 Å². The molecule has 0 fully saturated rings. The van der Waals surface area contributed by atoms with Crippen LogP contribution in [0.1, 0.15) is 28.5 Å². The summed E-state index contributed by atoms with van der Waals surface area (Å²) in [6.07, 6.45) is -0.528. The lowest BCUT2D eigenvalue weighted by atomic mass is 10.1. The second-order valence-electron chi connectivity index (χ2n) is 5.98. The molecule has 5 heteroatoms. The minimum Gasteiger partial charge on any atom is -0.387 e. The first kappa shape index (κ1) is 16.8. The van der Waals surface area contributed by atoms with Gasteiger partial charge in [0.15, 0.2) is 0 Å². The van der Waals surface area contributed by atoms with Gasteiger partial charge in [-0.1, -0.05) is 64.6 Å². The molecule has 1 N–H and O–H groups in total. The summed E-state index contributed by atoms with van der Waals surface area (Å²) in [6.45, 7) is 4.03. The van der Waals surface area contributed by atoms with Gasteiger partial charge < -0.3 is 5.11 Å². The zero-order chi connectivity index (χ0) is 16.8. The highest BCUT2D eigenvalue weighted by molar-refractivity contribution is 7.03. The molecule has 0 aliphatic heterocycles. The van der Waals surface area contributed by atoms with Crippen LogP contribution in [0.3, 0.4) is 0 Å². The molecule has 124 valence electrons. The quantitative estimate of drug-likeness (QED) is 0.715. The molecular formula is C19H21N3OS. The molecule has 0 saturated heterocycles. The highest BCUT2D eigenvalue weighted by Crippen LogP contribution is 2.18. The lowest BCUT2D eigenvalue weighted by Gasteiger charge is -2.24. The van der Waals surface area contributed by atoms with E-state index in [-0.39, 0.29) is 0 Å². The number of aliphatic hydroxyl groups is 1. The number of nitrogens with zero attached hydrogens (tertiary/aromatic N) is 3. The molecule has 0 aliphatic rings. The van der Waals surface area contributed by atoms with Crippen molar-refractivity contribution in [2.75, 3.05) is 6.54 Å². The Bertz CT molecular complexity index is 746. The van der Waals surface area contributed by atoms with Crippen LogP contribution in [0.5, 0.6) is 0 Å². The van der Waals surface area contributed by atoms with Crippen molar-refractivity contribution >= 4 is 11.5 Å². The highest BCUT2D eigenvalue weighted by atomic mass is 32.1. The Morgan fingerprint density at radius 1 is 1.08 bits per heavy atom. The maximum Gasteiger partial charge on any atom is 0.0917 e. The molecule has 4 nitrogen and oxygen atoms in total. The number of aromatic nitrogens is 2. The third-order valence-corrected chi connectivity index (χ3v) is 4.45. The molecule has 1 atom stereocenters. The standard InChI is InChI=1S/C19H21N3OS/c1-15-6-5-9-17(10-15)19(23)13-22(12-18-14-24-21-20-18)11-16-7-3-2-4-8-16/h2-10,14,19,23H,11-13H2,1H3. The number of benzene rings is 2. The second kappa shape index (κ2) is 8.15. The van der Waals surface area contributed by atoms with Crippen molar-refractivity contribution in [1.82, 2.24) is 14.5 Å². The van der Waals surface area contributed by atoms with Crippen LogP contribution in [0, 0.1) is 6.92 Å². The summed E-state index contributed by atoms with van der Waals surface area (Å²) in [7, 11) is 0. The van der Waals surface area contributed by atoms with Crippen molar-refractivity contribution in [2.24, 2.45) is 0 Å². The smallest absolute Gasteiger partial charge is 0.0917 e. The molecule has 24 heavy (non-hydrogen) atoms. The summed E-state index contributed by atoms with van der Waals surface area (Å²) in [5, 5.41) is 16.7. The molecular weight excluding hydrogens is 318 g/mol. The first-order chi connectivity index (χ1) is 11.7. The van der Waals surface area contributed by atoms with Gasteiger partial charge in [-0.15, -0.1) is 5.10 Å². The second-order valence-corrected chi connectivity index (χ2v) is 6.59. The Labute approximate surface area is 146 Å². The summed E-state index contributed by atoms with van der Waals surface area (Å²) < 4.78 is 3.93. The third kappa shape index (κ3) is 4.71. The monoisotopic (exact) mass is 339 g/mol. The molecule has 0 aliphatic carbocycles. The average molecular weight is 339 g/mol. The van der Waals surface area contributed by atoms with Crippen LogP contribution in [0.2, 0.25) is 0 Å². The fraction of sp³-hybridized carbons (Fsp3) is 0.263. The normalized spacial score (nSPS) is 12.5. The molecule has 0 spiro atoms. The van der Waals surface area contributed by atoms with E-state index in [4.69, 9.17) is 0 Å². The largest absolute Gasteiger partial charge is 0.387 e. The summed E-state index contributed by atoms with van der Waals surface area (Å²) in [5.41, 5.74) is 4.26. The molecule has 0 bridgehead atoms. The molecule has 3 rings (SSSR count). The SMILES string of the molecule is Cc1cccc(C(O)CN(Cc2ccccc2)Cc2csnn2)c1. The van der Waals surface area contributed by atoms with Crippen LogP contribution in [-0.2, 0) is 13.1 Å². The number of aliphatic hydroxyl groups excluding tert-OH is 1. The van der Waals surface area contributed by atoms with E-state index in [0.29, 0.717) is 13.1 Å². The Kier molecular flexibility index (Phi) is 5.69. The Morgan fingerprint density at radius 2 is 1.92 bits per heavy atom.